The highest BCUT2D eigenvalue weighted by atomic mass is 35.5. The second-order valence-electron chi connectivity index (χ2n) is 1.80. The Balaban J connectivity index is 3.31. The fourth-order valence-electron chi connectivity index (χ4n) is 0.558. The van der Waals surface area contributed by atoms with Crippen molar-refractivity contribution in [3.63, 3.8) is 0 Å². The van der Waals surface area contributed by atoms with Gasteiger partial charge in [-0.25, -0.2) is 0 Å². The van der Waals surface area contributed by atoms with E-state index in [1.165, 1.54) is 6.20 Å². The van der Waals surface area contributed by atoms with E-state index in [0.29, 0.717) is 0 Å². The van der Waals surface area contributed by atoms with Crippen LogP contribution in [0.15, 0.2) is 12.3 Å². The third kappa shape index (κ3) is 1.11. The molecule has 0 bridgehead atoms. The van der Waals surface area contributed by atoms with Crippen LogP contribution in [0.25, 0.3) is 0 Å². The maximum absolute atomic E-state index is 12.5. The number of nitrogens with two attached hydrogens (primary N) is 2. The van der Waals surface area contributed by atoms with Crippen molar-refractivity contribution in [2.24, 2.45) is 0 Å². The second-order valence-corrected chi connectivity index (χ2v) is 2.24. The fourth-order valence-corrected chi connectivity index (χ4v) is 0.759. The Morgan fingerprint density at radius 1 is 1.60 bits per heavy atom. The molecule has 4 N–H and O–H groups in total. The maximum atomic E-state index is 12.5. The first-order valence-corrected chi connectivity index (χ1v) is 2.90. The first kappa shape index (κ1) is 7.08. The molecule has 1 rings (SSSR count). The number of nitrogen functional groups attached to an aromatic ring is 2. The summed E-state index contributed by atoms with van der Waals surface area (Å²) in [4.78, 5) is 0. The Morgan fingerprint density at radius 3 is 2.70 bits per heavy atom. The van der Waals surface area contributed by atoms with Crippen LogP contribution in [-0.2, 0) is 0 Å². The van der Waals surface area contributed by atoms with Crippen molar-refractivity contribution < 1.29 is 9.07 Å². The molecule has 0 aliphatic heterocycles. The number of halogens is 2. The summed E-state index contributed by atoms with van der Waals surface area (Å²) in [6.45, 7) is 0. The third-order valence-electron chi connectivity index (χ3n) is 1.05. The Kier molecular flexibility index (Phi) is 1.63. The molecule has 0 aromatic carbocycles. The van der Waals surface area contributed by atoms with E-state index in [1.807, 2.05) is 0 Å². The molecular formula is C5H6ClFN3+. The summed E-state index contributed by atoms with van der Waals surface area (Å²) in [5, 5.41) is 0.217. The number of hydrogen-bond acceptors (Lipinski definition) is 2. The summed E-state index contributed by atoms with van der Waals surface area (Å²) < 4.78 is 13.5. The summed E-state index contributed by atoms with van der Waals surface area (Å²) in [5.41, 5.74) is 5.16. The first-order valence-electron chi connectivity index (χ1n) is 2.52. The first-order chi connectivity index (χ1) is 4.61. The van der Waals surface area contributed by atoms with Crippen LogP contribution in [0.5, 0.6) is 0 Å². The van der Waals surface area contributed by atoms with Crippen molar-refractivity contribution >= 4 is 17.4 Å². The number of hydrogen-bond donors (Lipinski definition) is 2. The van der Waals surface area contributed by atoms with Gasteiger partial charge >= 0.3 is 5.82 Å². The molecule has 1 heterocycles. The van der Waals surface area contributed by atoms with Crippen LogP contribution in [-0.4, -0.2) is 0 Å². The summed E-state index contributed by atoms with van der Waals surface area (Å²) in [6, 6.07) is 1.10. The quantitative estimate of drug-likeness (QED) is 0.419. The van der Waals surface area contributed by atoms with Crippen molar-refractivity contribution in [3.05, 3.63) is 23.1 Å². The monoisotopic (exact) mass is 162 g/mol. The zero-order chi connectivity index (χ0) is 7.72. The Hall–Kier alpha value is -1.03. The molecule has 1 aromatic heterocycles. The van der Waals surface area contributed by atoms with Gasteiger partial charge in [-0.15, -0.1) is 4.68 Å². The molecule has 0 aliphatic rings. The summed E-state index contributed by atoms with van der Waals surface area (Å²) in [7, 11) is 0. The number of pyridine rings is 1. The molecule has 1 aromatic rings. The van der Waals surface area contributed by atoms with Gasteiger partial charge in [0, 0.05) is 6.07 Å². The minimum absolute atomic E-state index is 0.135. The van der Waals surface area contributed by atoms with Crippen LogP contribution in [0.4, 0.5) is 10.2 Å². The minimum Gasteiger partial charge on any atom is -0.283 e. The van der Waals surface area contributed by atoms with Gasteiger partial charge in [-0.05, 0) is 0 Å². The SMILES string of the molecule is Nc1c(F)cc(Cl)c[n+]1N. The Bertz CT molecular complexity index is 240. The highest BCUT2D eigenvalue weighted by Gasteiger charge is 2.09. The van der Waals surface area contributed by atoms with Crippen molar-refractivity contribution in [3.8, 4) is 0 Å². The summed E-state index contributed by atoms with van der Waals surface area (Å²) >= 11 is 5.43. The molecule has 3 nitrogen and oxygen atoms in total. The van der Waals surface area contributed by atoms with Crippen molar-refractivity contribution in [2.75, 3.05) is 11.6 Å². The standard InChI is InChI=1S/C5H5ClFN3/c6-3-1-4(7)5(8)10(9)2-3/h1-2,8H,9H2/p+1. The van der Waals surface area contributed by atoms with Gasteiger partial charge < -0.3 is 0 Å². The fraction of sp³-hybridized carbons (Fsp3) is 0. The van der Waals surface area contributed by atoms with Gasteiger partial charge in [-0.2, -0.15) is 4.39 Å². The average Bonchev–Trinajstić information content (AvgIpc) is 1.82. The molecule has 0 unspecified atom stereocenters. The molecule has 54 valence electrons. The van der Waals surface area contributed by atoms with E-state index >= 15 is 0 Å². The molecule has 0 amide bonds. The normalized spacial score (nSPS) is 9.80. The number of anilines is 1. The molecule has 0 aliphatic carbocycles. The highest BCUT2D eigenvalue weighted by molar-refractivity contribution is 6.30. The molecular weight excluding hydrogens is 157 g/mol. The van der Waals surface area contributed by atoms with E-state index in [2.05, 4.69) is 0 Å². The smallest absolute Gasteiger partial charge is 0.283 e. The molecule has 0 saturated carbocycles. The van der Waals surface area contributed by atoms with Gasteiger partial charge in [0.2, 0.25) is 5.82 Å². The van der Waals surface area contributed by atoms with Crippen LogP contribution >= 0.6 is 11.6 Å². The van der Waals surface area contributed by atoms with Gasteiger partial charge in [0.15, 0.2) is 0 Å². The lowest BCUT2D eigenvalue weighted by Gasteiger charge is -1.95. The molecule has 0 fully saturated rings. The molecule has 5 heteroatoms. The van der Waals surface area contributed by atoms with Gasteiger partial charge in [-0.3, -0.25) is 11.6 Å². The zero-order valence-electron chi connectivity index (χ0n) is 5.01. The Morgan fingerprint density at radius 2 is 2.20 bits per heavy atom. The molecule has 0 radical (unpaired) electrons. The van der Waals surface area contributed by atoms with E-state index in [1.54, 1.807) is 0 Å². The molecule has 0 saturated heterocycles. The van der Waals surface area contributed by atoms with Crippen LogP contribution in [0.3, 0.4) is 0 Å². The van der Waals surface area contributed by atoms with E-state index in [-0.39, 0.29) is 10.8 Å². The van der Waals surface area contributed by atoms with Gasteiger partial charge in [0.05, 0.1) is 5.02 Å². The third-order valence-corrected chi connectivity index (χ3v) is 1.26. The lowest BCUT2D eigenvalue weighted by Crippen LogP contribution is -2.47. The van der Waals surface area contributed by atoms with E-state index in [9.17, 15) is 4.39 Å². The average molecular weight is 163 g/mol. The number of rotatable bonds is 0. The van der Waals surface area contributed by atoms with Crippen molar-refractivity contribution in [1.29, 1.82) is 0 Å². The molecule has 0 atom stereocenters. The minimum atomic E-state index is -0.616. The van der Waals surface area contributed by atoms with Crippen LogP contribution in [0.2, 0.25) is 5.02 Å². The maximum Gasteiger partial charge on any atom is 0.332 e. The van der Waals surface area contributed by atoms with Crippen molar-refractivity contribution in [1.82, 2.24) is 0 Å². The number of nitrogens with zero attached hydrogens (tertiary/aromatic N) is 1. The Labute approximate surface area is 62.0 Å². The zero-order valence-corrected chi connectivity index (χ0v) is 5.77. The predicted octanol–water partition coefficient (Wildman–Crippen LogP) is 0.0626. The van der Waals surface area contributed by atoms with Gasteiger partial charge in [-0.1, -0.05) is 11.6 Å². The topological polar surface area (TPSA) is 55.9 Å². The van der Waals surface area contributed by atoms with Crippen LogP contribution in [0, 0.1) is 5.82 Å². The summed E-state index contributed by atoms with van der Waals surface area (Å²) in [6.07, 6.45) is 1.32. The van der Waals surface area contributed by atoms with Crippen LogP contribution in [0.1, 0.15) is 0 Å². The van der Waals surface area contributed by atoms with E-state index < -0.39 is 5.82 Å². The van der Waals surface area contributed by atoms with Crippen LogP contribution < -0.4 is 16.3 Å². The highest BCUT2D eigenvalue weighted by Crippen LogP contribution is 2.09. The van der Waals surface area contributed by atoms with Gasteiger partial charge in [0.1, 0.15) is 6.20 Å². The predicted molar refractivity (Wildman–Crippen MR) is 36.2 cm³/mol. The van der Waals surface area contributed by atoms with E-state index in [0.717, 1.165) is 10.7 Å². The lowest BCUT2D eigenvalue weighted by atomic mass is 10.4. The van der Waals surface area contributed by atoms with Gasteiger partial charge in [0.25, 0.3) is 0 Å². The largest absolute Gasteiger partial charge is 0.332 e. The van der Waals surface area contributed by atoms with Crippen molar-refractivity contribution in [2.45, 2.75) is 0 Å². The lowest BCUT2D eigenvalue weighted by molar-refractivity contribution is -0.625. The molecule has 10 heavy (non-hydrogen) atoms. The molecule has 0 spiro atoms. The second kappa shape index (κ2) is 2.30. The summed E-state index contributed by atoms with van der Waals surface area (Å²) in [5.74, 6) is 4.44. The van der Waals surface area contributed by atoms with E-state index in [4.69, 9.17) is 23.2 Å². The number of aromatic nitrogens is 1.